The number of carbonyl (C=O) groups is 1. The van der Waals surface area contributed by atoms with Crippen LogP contribution in [0.3, 0.4) is 0 Å². The number of nitrogens with two attached hydrogens (primary N) is 1. The number of nitrogens with one attached hydrogen (secondary N) is 1. The quantitative estimate of drug-likeness (QED) is 0.835. The Bertz CT molecular complexity index is 497. The molecule has 0 unspecified atom stereocenters. The Kier molecular flexibility index (Phi) is 4.65. The van der Waals surface area contributed by atoms with Gasteiger partial charge in [-0.05, 0) is 18.6 Å². The monoisotopic (exact) mass is 256 g/mol. The lowest BCUT2D eigenvalue weighted by Gasteiger charge is -2.08. The predicted octanol–water partition coefficient (Wildman–Crippen LogP) is 1.46. The summed E-state index contributed by atoms with van der Waals surface area (Å²) >= 11 is 0. The summed E-state index contributed by atoms with van der Waals surface area (Å²) in [7, 11) is -3.81. The number of rotatable bonds is 5. The zero-order chi connectivity index (χ0) is 12.9. The first-order valence-corrected chi connectivity index (χ1v) is 6.91. The normalized spacial score (nSPS) is 11.2. The van der Waals surface area contributed by atoms with Crippen LogP contribution in [-0.4, -0.2) is 14.3 Å². The molecule has 1 aromatic rings. The summed E-state index contributed by atoms with van der Waals surface area (Å²) in [6.45, 7) is 1.98. The number of sulfonamides is 1. The summed E-state index contributed by atoms with van der Waals surface area (Å²) in [5.41, 5.74) is 0.233. The molecule has 0 aliphatic rings. The molecular weight excluding hydrogens is 240 g/mol. The van der Waals surface area contributed by atoms with Crippen LogP contribution in [0.5, 0.6) is 0 Å². The van der Waals surface area contributed by atoms with Crippen LogP contribution in [0.25, 0.3) is 0 Å². The van der Waals surface area contributed by atoms with Crippen LogP contribution in [0.4, 0.5) is 5.69 Å². The number of primary sulfonamides is 1. The molecule has 94 valence electrons. The van der Waals surface area contributed by atoms with Crippen LogP contribution < -0.4 is 10.5 Å². The van der Waals surface area contributed by atoms with Crippen molar-refractivity contribution in [3.63, 3.8) is 0 Å². The fourth-order valence-electron chi connectivity index (χ4n) is 1.37. The fourth-order valence-corrected chi connectivity index (χ4v) is 2.06. The summed E-state index contributed by atoms with van der Waals surface area (Å²) in [4.78, 5) is 11.4. The van der Waals surface area contributed by atoms with Crippen LogP contribution in [0.15, 0.2) is 29.2 Å². The van der Waals surface area contributed by atoms with Gasteiger partial charge in [0.05, 0.1) is 5.69 Å². The first-order chi connectivity index (χ1) is 7.95. The Morgan fingerprint density at radius 3 is 2.59 bits per heavy atom. The number of amides is 1. The number of para-hydroxylation sites is 1. The third kappa shape index (κ3) is 4.16. The molecule has 17 heavy (non-hydrogen) atoms. The van der Waals surface area contributed by atoms with Crippen molar-refractivity contribution in [1.29, 1.82) is 0 Å². The Balaban J connectivity index is 2.88. The number of hydrogen-bond donors (Lipinski definition) is 2. The van der Waals surface area contributed by atoms with Gasteiger partial charge in [0, 0.05) is 6.42 Å². The first kappa shape index (κ1) is 13.7. The van der Waals surface area contributed by atoms with Gasteiger partial charge in [0.25, 0.3) is 0 Å². The van der Waals surface area contributed by atoms with E-state index in [0.717, 1.165) is 12.8 Å². The molecule has 0 bridgehead atoms. The van der Waals surface area contributed by atoms with Gasteiger partial charge in [-0.1, -0.05) is 25.5 Å². The second-order valence-corrected chi connectivity index (χ2v) is 5.22. The molecular formula is C11H16N2O3S. The second kappa shape index (κ2) is 5.79. The molecule has 0 aromatic heterocycles. The smallest absolute Gasteiger partial charge is 0.240 e. The lowest BCUT2D eigenvalue weighted by Crippen LogP contribution is -2.18. The minimum Gasteiger partial charge on any atom is -0.325 e. The number of benzene rings is 1. The van der Waals surface area contributed by atoms with Crippen molar-refractivity contribution in [3.05, 3.63) is 24.3 Å². The lowest BCUT2D eigenvalue weighted by atomic mass is 10.2. The van der Waals surface area contributed by atoms with E-state index >= 15 is 0 Å². The van der Waals surface area contributed by atoms with E-state index in [1.807, 2.05) is 6.92 Å². The van der Waals surface area contributed by atoms with Gasteiger partial charge in [-0.25, -0.2) is 13.6 Å². The van der Waals surface area contributed by atoms with Gasteiger partial charge in [-0.2, -0.15) is 0 Å². The fraction of sp³-hybridized carbons (Fsp3) is 0.364. The molecule has 0 fully saturated rings. The molecule has 5 nitrogen and oxygen atoms in total. The Morgan fingerprint density at radius 1 is 1.35 bits per heavy atom. The molecule has 0 saturated carbocycles. The maximum absolute atomic E-state index is 11.5. The highest BCUT2D eigenvalue weighted by atomic mass is 32.2. The van der Waals surface area contributed by atoms with Gasteiger partial charge in [0.1, 0.15) is 4.90 Å². The van der Waals surface area contributed by atoms with E-state index in [9.17, 15) is 13.2 Å². The van der Waals surface area contributed by atoms with E-state index in [-0.39, 0.29) is 16.5 Å². The summed E-state index contributed by atoms with van der Waals surface area (Å²) in [5, 5.41) is 7.61. The molecule has 0 heterocycles. The van der Waals surface area contributed by atoms with E-state index < -0.39 is 10.0 Å². The predicted molar refractivity (Wildman–Crippen MR) is 66.0 cm³/mol. The van der Waals surface area contributed by atoms with E-state index in [0.29, 0.717) is 6.42 Å². The van der Waals surface area contributed by atoms with Crippen molar-refractivity contribution in [2.24, 2.45) is 5.14 Å². The SMILES string of the molecule is CCCCC(=O)Nc1ccccc1S(N)(=O)=O. The minimum absolute atomic E-state index is 0.0650. The highest BCUT2D eigenvalue weighted by Crippen LogP contribution is 2.19. The van der Waals surface area contributed by atoms with Crippen LogP contribution in [-0.2, 0) is 14.8 Å². The number of carbonyl (C=O) groups excluding carboxylic acids is 1. The van der Waals surface area contributed by atoms with Gasteiger partial charge in [-0.15, -0.1) is 0 Å². The summed E-state index contributed by atoms with van der Waals surface area (Å²) in [6, 6.07) is 6.08. The lowest BCUT2D eigenvalue weighted by molar-refractivity contribution is -0.116. The van der Waals surface area contributed by atoms with Crippen LogP contribution in [0, 0.1) is 0 Å². The Labute approximate surface area is 101 Å². The molecule has 0 atom stereocenters. The van der Waals surface area contributed by atoms with Crippen molar-refractivity contribution in [3.8, 4) is 0 Å². The average Bonchev–Trinajstić information content (AvgIpc) is 2.25. The number of hydrogen-bond acceptors (Lipinski definition) is 3. The maximum atomic E-state index is 11.5. The van der Waals surface area contributed by atoms with Gasteiger partial charge in [0.15, 0.2) is 0 Å². The third-order valence-corrected chi connectivity index (χ3v) is 3.19. The van der Waals surface area contributed by atoms with Crippen LogP contribution >= 0.6 is 0 Å². The molecule has 0 saturated heterocycles. The van der Waals surface area contributed by atoms with Crippen molar-refractivity contribution >= 4 is 21.6 Å². The van der Waals surface area contributed by atoms with Crippen molar-refractivity contribution in [2.75, 3.05) is 5.32 Å². The van der Waals surface area contributed by atoms with Gasteiger partial charge < -0.3 is 5.32 Å². The van der Waals surface area contributed by atoms with E-state index in [1.54, 1.807) is 12.1 Å². The summed E-state index contributed by atoms with van der Waals surface area (Å²) < 4.78 is 22.6. The third-order valence-electron chi connectivity index (χ3n) is 2.23. The molecule has 1 rings (SSSR count). The highest BCUT2D eigenvalue weighted by molar-refractivity contribution is 7.89. The van der Waals surface area contributed by atoms with E-state index in [2.05, 4.69) is 5.32 Å². The van der Waals surface area contributed by atoms with E-state index in [4.69, 9.17) is 5.14 Å². The standard InChI is InChI=1S/C11H16N2O3S/c1-2-3-8-11(14)13-9-6-4-5-7-10(9)17(12,15)16/h4-7H,2-3,8H2,1H3,(H,13,14)(H2,12,15,16). The largest absolute Gasteiger partial charge is 0.325 e. The molecule has 0 aliphatic carbocycles. The average molecular weight is 256 g/mol. The Hall–Kier alpha value is -1.40. The molecule has 0 spiro atoms. The molecule has 0 aliphatic heterocycles. The topological polar surface area (TPSA) is 89.3 Å². The molecule has 6 heteroatoms. The Morgan fingerprint density at radius 2 is 2.00 bits per heavy atom. The second-order valence-electron chi connectivity index (χ2n) is 3.69. The molecule has 1 aromatic carbocycles. The maximum Gasteiger partial charge on any atom is 0.240 e. The van der Waals surface area contributed by atoms with Crippen LogP contribution in [0.1, 0.15) is 26.2 Å². The number of unbranched alkanes of at least 4 members (excludes halogenated alkanes) is 1. The summed E-state index contributed by atoms with van der Waals surface area (Å²) in [6.07, 6.45) is 2.04. The van der Waals surface area contributed by atoms with Crippen molar-refractivity contribution in [2.45, 2.75) is 31.1 Å². The molecule has 0 radical (unpaired) electrons. The highest BCUT2D eigenvalue weighted by Gasteiger charge is 2.14. The van der Waals surface area contributed by atoms with Gasteiger partial charge in [-0.3, -0.25) is 4.79 Å². The van der Waals surface area contributed by atoms with E-state index in [1.165, 1.54) is 12.1 Å². The van der Waals surface area contributed by atoms with Crippen molar-refractivity contribution < 1.29 is 13.2 Å². The zero-order valence-electron chi connectivity index (χ0n) is 9.64. The summed E-state index contributed by atoms with van der Waals surface area (Å²) in [5.74, 6) is -0.206. The van der Waals surface area contributed by atoms with Gasteiger partial charge in [0.2, 0.25) is 15.9 Å². The molecule has 1 amide bonds. The molecule has 3 N–H and O–H groups in total. The van der Waals surface area contributed by atoms with Crippen LogP contribution in [0.2, 0.25) is 0 Å². The number of anilines is 1. The van der Waals surface area contributed by atoms with Crippen molar-refractivity contribution in [1.82, 2.24) is 0 Å². The minimum atomic E-state index is -3.81. The first-order valence-electron chi connectivity index (χ1n) is 5.37. The van der Waals surface area contributed by atoms with Gasteiger partial charge >= 0.3 is 0 Å². The zero-order valence-corrected chi connectivity index (χ0v) is 10.5.